The first kappa shape index (κ1) is 9.23. The van der Waals surface area contributed by atoms with Gasteiger partial charge in [0, 0.05) is 12.5 Å². The van der Waals surface area contributed by atoms with Gasteiger partial charge < -0.3 is 5.11 Å². The van der Waals surface area contributed by atoms with Crippen molar-refractivity contribution in [1.29, 1.82) is 5.26 Å². The van der Waals surface area contributed by atoms with E-state index in [1.807, 2.05) is 31.2 Å². The van der Waals surface area contributed by atoms with Crippen molar-refractivity contribution in [2.75, 3.05) is 6.61 Å². The van der Waals surface area contributed by atoms with Gasteiger partial charge in [-0.3, -0.25) is 0 Å². The van der Waals surface area contributed by atoms with E-state index in [9.17, 15) is 0 Å². The van der Waals surface area contributed by atoms with E-state index >= 15 is 0 Å². The third-order valence-corrected chi connectivity index (χ3v) is 3.09. The Bertz CT molecular complexity index is 376. The molecular weight excluding hydrogens is 174 g/mol. The minimum Gasteiger partial charge on any atom is -0.396 e. The highest BCUT2D eigenvalue weighted by Gasteiger charge is 2.55. The monoisotopic (exact) mass is 187 g/mol. The third-order valence-electron chi connectivity index (χ3n) is 3.09. The van der Waals surface area contributed by atoms with Crippen LogP contribution in [0.3, 0.4) is 0 Å². The van der Waals surface area contributed by atoms with Crippen LogP contribution < -0.4 is 0 Å². The predicted octanol–water partition coefficient (Wildman–Crippen LogP) is 1.77. The van der Waals surface area contributed by atoms with Crippen LogP contribution in [0.15, 0.2) is 24.3 Å². The SMILES string of the molecule is Cc1ccc([C@@]2(C#N)C[C@H]2CO)cc1. The van der Waals surface area contributed by atoms with Gasteiger partial charge in [-0.05, 0) is 18.9 Å². The van der Waals surface area contributed by atoms with Gasteiger partial charge >= 0.3 is 0 Å². The van der Waals surface area contributed by atoms with Gasteiger partial charge in [0.05, 0.1) is 11.5 Å². The van der Waals surface area contributed by atoms with Crippen LogP contribution in [0.1, 0.15) is 17.5 Å². The van der Waals surface area contributed by atoms with Crippen molar-refractivity contribution in [3.8, 4) is 6.07 Å². The minimum absolute atomic E-state index is 0.113. The van der Waals surface area contributed by atoms with Crippen molar-refractivity contribution < 1.29 is 5.11 Å². The van der Waals surface area contributed by atoms with Gasteiger partial charge in [0.1, 0.15) is 0 Å². The number of hydrogen-bond donors (Lipinski definition) is 1. The van der Waals surface area contributed by atoms with Crippen molar-refractivity contribution >= 4 is 0 Å². The van der Waals surface area contributed by atoms with E-state index in [2.05, 4.69) is 6.07 Å². The van der Waals surface area contributed by atoms with Gasteiger partial charge in [0.15, 0.2) is 0 Å². The molecule has 1 fully saturated rings. The quantitative estimate of drug-likeness (QED) is 0.766. The summed E-state index contributed by atoms with van der Waals surface area (Å²) in [4.78, 5) is 0. The summed E-state index contributed by atoms with van der Waals surface area (Å²) >= 11 is 0. The molecule has 0 unspecified atom stereocenters. The normalized spacial score (nSPS) is 29.6. The molecule has 0 heterocycles. The molecule has 1 aliphatic rings. The second-order valence-corrected chi connectivity index (χ2v) is 4.03. The van der Waals surface area contributed by atoms with E-state index in [0.29, 0.717) is 0 Å². The fourth-order valence-electron chi connectivity index (χ4n) is 1.96. The molecule has 0 spiro atoms. The van der Waals surface area contributed by atoms with Gasteiger partial charge in [-0.1, -0.05) is 29.8 Å². The number of benzene rings is 1. The van der Waals surface area contributed by atoms with Crippen LogP contribution in [0.2, 0.25) is 0 Å². The molecule has 0 saturated heterocycles. The molecule has 1 N–H and O–H groups in total. The lowest BCUT2D eigenvalue weighted by molar-refractivity contribution is 0.269. The smallest absolute Gasteiger partial charge is 0.0877 e. The molecule has 1 aromatic rings. The van der Waals surface area contributed by atoms with Crippen LogP contribution >= 0.6 is 0 Å². The lowest BCUT2D eigenvalue weighted by atomic mass is 9.94. The number of aryl methyl sites for hydroxylation is 1. The Balaban J connectivity index is 2.32. The van der Waals surface area contributed by atoms with Gasteiger partial charge in [-0.15, -0.1) is 0 Å². The average molecular weight is 187 g/mol. The molecule has 0 aliphatic heterocycles. The molecular formula is C12H13NO. The fraction of sp³-hybridized carbons (Fsp3) is 0.417. The standard InChI is InChI=1S/C12H13NO/c1-9-2-4-10(5-3-9)12(8-13)6-11(12)7-14/h2-5,11,14H,6-7H2,1H3/t11-,12-/m0/s1. The molecule has 1 aliphatic carbocycles. The van der Waals surface area contributed by atoms with Crippen molar-refractivity contribution in [1.82, 2.24) is 0 Å². The van der Waals surface area contributed by atoms with Gasteiger partial charge in [-0.2, -0.15) is 5.26 Å². The predicted molar refractivity (Wildman–Crippen MR) is 53.7 cm³/mol. The van der Waals surface area contributed by atoms with Crippen LogP contribution in [0.4, 0.5) is 0 Å². The summed E-state index contributed by atoms with van der Waals surface area (Å²) in [6.45, 7) is 2.14. The number of aliphatic hydroxyl groups is 1. The summed E-state index contributed by atoms with van der Waals surface area (Å²) in [6, 6.07) is 10.3. The van der Waals surface area contributed by atoms with Gasteiger partial charge in [-0.25, -0.2) is 0 Å². The van der Waals surface area contributed by atoms with E-state index in [-0.39, 0.29) is 12.5 Å². The Morgan fingerprint density at radius 2 is 2.14 bits per heavy atom. The van der Waals surface area contributed by atoms with E-state index < -0.39 is 5.41 Å². The molecule has 1 saturated carbocycles. The van der Waals surface area contributed by atoms with Crippen molar-refractivity contribution in [3.63, 3.8) is 0 Å². The zero-order valence-electron chi connectivity index (χ0n) is 8.20. The summed E-state index contributed by atoms with van der Waals surface area (Å²) in [5.41, 5.74) is 1.84. The molecule has 0 radical (unpaired) electrons. The average Bonchev–Trinajstić information content (AvgIpc) is 2.94. The summed E-state index contributed by atoms with van der Waals surface area (Å²) in [7, 11) is 0. The lowest BCUT2D eigenvalue weighted by Crippen LogP contribution is -2.08. The van der Waals surface area contributed by atoms with E-state index in [1.54, 1.807) is 0 Å². The van der Waals surface area contributed by atoms with Crippen LogP contribution in [-0.4, -0.2) is 11.7 Å². The molecule has 0 aromatic heterocycles. The zero-order chi connectivity index (χ0) is 10.2. The minimum atomic E-state index is -0.400. The van der Waals surface area contributed by atoms with Crippen molar-refractivity contribution in [3.05, 3.63) is 35.4 Å². The van der Waals surface area contributed by atoms with Crippen LogP contribution in [0.25, 0.3) is 0 Å². The first-order chi connectivity index (χ1) is 6.73. The Hall–Kier alpha value is -1.33. The van der Waals surface area contributed by atoms with Crippen molar-refractivity contribution in [2.24, 2.45) is 5.92 Å². The topological polar surface area (TPSA) is 44.0 Å². The molecule has 72 valence electrons. The largest absolute Gasteiger partial charge is 0.396 e. The number of nitriles is 1. The molecule has 2 heteroatoms. The highest BCUT2D eigenvalue weighted by Crippen LogP contribution is 2.53. The highest BCUT2D eigenvalue weighted by molar-refractivity contribution is 5.42. The first-order valence-electron chi connectivity index (χ1n) is 4.82. The van der Waals surface area contributed by atoms with Crippen LogP contribution in [-0.2, 0) is 5.41 Å². The molecule has 0 amide bonds. The maximum absolute atomic E-state index is 9.12. The van der Waals surface area contributed by atoms with E-state index in [4.69, 9.17) is 10.4 Å². The van der Waals surface area contributed by atoms with Gasteiger partial charge in [0.25, 0.3) is 0 Å². The van der Waals surface area contributed by atoms with Crippen LogP contribution in [0, 0.1) is 24.2 Å². The maximum atomic E-state index is 9.12. The summed E-state index contributed by atoms with van der Waals surface area (Å²) in [5, 5.41) is 18.2. The molecule has 14 heavy (non-hydrogen) atoms. The Kier molecular flexibility index (Phi) is 2.05. The molecule has 2 nitrogen and oxygen atoms in total. The number of hydrogen-bond acceptors (Lipinski definition) is 2. The van der Waals surface area contributed by atoms with Crippen molar-refractivity contribution in [2.45, 2.75) is 18.8 Å². The summed E-state index contributed by atoms with van der Waals surface area (Å²) in [5.74, 6) is 0.134. The second kappa shape index (κ2) is 3.11. The molecule has 1 aromatic carbocycles. The number of nitrogens with zero attached hydrogens (tertiary/aromatic N) is 1. The Labute approximate surface area is 83.8 Å². The third kappa shape index (κ3) is 1.21. The summed E-state index contributed by atoms with van der Waals surface area (Å²) < 4.78 is 0. The van der Waals surface area contributed by atoms with Crippen LogP contribution in [0.5, 0.6) is 0 Å². The number of rotatable bonds is 2. The molecule has 2 rings (SSSR count). The van der Waals surface area contributed by atoms with E-state index in [1.165, 1.54) is 5.56 Å². The van der Waals surface area contributed by atoms with Gasteiger partial charge in [0.2, 0.25) is 0 Å². The maximum Gasteiger partial charge on any atom is 0.0877 e. The van der Waals surface area contributed by atoms with E-state index in [0.717, 1.165) is 12.0 Å². The molecule has 2 atom stereocenters. The zero-order valence-corrected chi connectivity index (χ0v) is 8.20. The highest BCUT2D eigenvalue weighted by atomic mass is 16.3. The fourth-order valence-corrected chi connectivity index (χ4v) is 1.96. The Morgan fingerprint density at radius 3 is 2.57 bits per heavy atom. The second-order valence-electron chi connectivity index (χ2n) is 4.03. The first-order valence-corrected chi connectivity index (χ1v) is 4.82. The lowest BCUT2D eigenvalue weighted by Gasteiger charge is -2.08. The Morgan fingerprint density at radius 1 is 1.50 bits per heavy atom. The summed E-state index contributed by atoms with van der Waals surface area (Å²) in [6.07, 6.45) is 0.795. The number of aliphatic hydroxyl groups excluding tert-OH is 1. The molecule has 0 bridgehead atoms.